The summed E-state index contributed by atoms with van der Waals surface area (Å²) in [5, 5.41) is 6.59. The molecule has 2 aromatic carbocycles. The van der Waals surface area contributed by atoms with E-state index in [-0.39, 0.29) is 11.6 Å². The molecule has 6 nitrogen and oxygen atoms in total. The molecule has 0 radical (unpaired) electrons. The van der Waals surface area contributed by atoms with E-state index >= 15 is 0 Å². The third-order valence-electron chi connectivity index (χ3n) is 3.44. The number of nitrogens with one attached hydrogen (secondary N) is 1. The van der Waals surface area contributed by atoms with E-state index in [0.29, 0.717) is 22.9 Å². The average Bonchev–Trinajstić information content (AvgIpc) is 3.12. The zero-order valence-electron chi connectivity index (χ0n) is 13.3. The molecule has 3 rings (SSSR count). The van der Waals surface area contributed by atoms with Crippen molar-refractivity contribution < 1.29 is 18.8 Å². The number of nitrogens with zero attached hydrogens (tertiary/aromatic N) is 1. The summed E-state index contributed by atoms with van der Waals surface area (Å²) in [6, 6.07) is 16.1. The monoisotopic (exact) mass is 324 g/mol. The number of carbonyl (C=O) groups excluding carboxylic acids is 1. The molecule has 122 valence electrons. The molecule has 0 bridgehead atoms. The van der Waals surface area contributed by atoms with Crippen LogP contribution in [0.1, 0.15) is 10.5 Å². The molecular formula is C18H16N2O4. The Morgan fingerprint density at radius 2 is 1.75 bits per heavy atom. The third kappa shape index (κ3) is 3.22. The zero-order valence-corrected chi connectivity index (χ0v) is 13.3. The summed E-state index contributed by atoms with van der Waals surface area (Å²) < 4.78 is 15.7. The summed E-state index contributed by atoms with van der Waals surface area (Å²) in [5.41, 5.74) is 1.63. The van der Waals surface area contributed by atoms with Crippen molar-refractivity contribution in [2.45, 2.75) is 0 Å². The second-order valence-electron chi connectivity index (χ2n) is 4.97. The second kappa shape index (κ2) is 6.87. The lowest BCUT2D eigenvalue weighted by atomic mass is 10.1. The fraction of sp³-hybridized carbons (Fsp3) is 0.111. The summed E-state index contributed by atoms with van der Waals surface area (Å²) in [6.07, 6.45) is 0. The Hall–Kier alpha value is -3.28. The maximum absolute atomic E-state index is 12.2. The van der Waals surface area contributed by atoms with Gasteiger partial charge in [0.2, 0.25) is 0 Å². The van der Waals surface area contributed by atoms with Gasteiger partial charge in [-0.15, -0.1) is 0 Å². The van der Waals surface area contributed by atoms with Gasteiger partial charge in [-0.2, -0.15) is 0 Å². The second-order valence-corrected chi connectivity index (χ2v) is 4.97. The number of carbonyl (C=O) groups is 1. The molecule has 1 heterocycles. The summed E-state index contributed by atoms with van der Waals surface area (Å²) >= 11 is 0. The highest BCUT2D eigenvalue weighted by atomic mass is 16.5. The van der Waals surface area contributed by atoms with E-state index in [0.717, 1.165) is 5.56 Å². The predicted molar refractivity (Wildman–Crippen MR) is 89.4 cm³/mol. The molecule has 1 amide bonds. The SMILES string of the molecule is COc1ccc(-c2cc(C(=O)Nc3ccccc3)no2)cc1OC. The minimum atomic E-state index is -0.336. The van der Waals surface area contributed by atoms with Gasteiger partial charge in [0.15, 0.2) is 23.0 Å². The number of amides is 1. The molecular weight excluding hydrogens is 308 g/mol. The minimum Gasteiger partial charge on any atom is -0.493 e. The molecule has 0 unspecified atom stereocenters. The lowest BCUT2D eigenvalue weighted by molar-refractivity contribution is 0.101. The van der Waals surface area contributed by atoms with Crippen LogP contribution in [0.15, 0.2) is 59.1 Å². The highest BCUT2D eigenvalue weighted by Gasteiger charge is 2.15. The third-order valence-corrected chi connectivity index (χ3v) is 3.44. The van der Waals surface area contributed by atoms with Gasteiger partial charge in [-0.25, -0.2) is 0 Å². The van der Waals surface area contributed by atoms with Crippen LogP contribution in [-0.2, 0) is 0 Å². The van der Waals surface area contributed by atoms with Crippen LogP contribution in [0.2, 0.25) is 0 Å². The minimum absolute atomic E-state index is 0.198. The molecule has 0 saturated carbocycles. The molecule has 0 aliphatic carbocycles. The van der Waals surface area contributed by atoms with Crippen molar-refractivity contribution in [2.24, 2.45) is 0 Å². The Kier molecular flexibility index (Phi) is 4.47. The van der Waals surface area contributed by atoms with Crippen LogP contribution in [0.3, 0.4) is 0 Å². The first-order valence-corrected chi connectivity index (χ1v) is 7.27. The van der Waals surface area contributed by atoms with Crippen LogP contribution >= 0.6 is 0 Å². The first kappa shape index (κ1) is 15.6. The van der Waals surface area contributed by atoms with Gasteiger partial charge in [-0.05, 0) is 30.3 Å². The lowest BCUT2D eigenvalue weighted by Crippen LogP contribution is -2.11. The van der Waals surface area contributed by atoms with Crippen molar-refractivity contribution in [2.75, 3.05) is 19.5 Å². The maximum atomic E-state index is 12.2. The Balaban J connectivity index is 1.81. The van der Waals surface area contributed by atoms with Gasteiger partial charge >= 0.3 is 0 Å². The summed E-state index contributed by atoms with van der Waals surface area (Å²) in [5.74, 6) is 1.32. The van der Waals surface area contributed by atoms with Gasteiger partial charge in [-0.1, -0.05) is 23.4 Å². The number of hydrogen-bond donors (Lipinski definition) is 1. The first-order valence-electron chi connectivity index (χ1n) is 7.27. The van der Waals surface area contributed by atoms with E-state index in [1.54, 1.807) is 50.6 Å². The molecule has 1 N–H and O–H groups in total. The quantitative estimate of drug-likeness (QED) is 0.776. The predicted octanol–water partition coefficient (Wildman–Crippen LogP) is 3.61. The standard InChI is InChI=1S/C18H16N2O4/c1-22-15-9-8-12(10-17(15)23-2)16-11-14(20-24-16)18(21)19-13-6-4-3-5-7-13/h3-11H,1-2H3,(H,19,21). The molecule has 0 aliphatic rings. The van der Waals surface area contributed by atoms with Crippen LogP contribution in [0, 0.1) is 0 Å². The van der Waals surface area contributed by atoms with Crippen molar-refractivity contribution >= 4 is 11.6 Å². The van der Waals surface area contributed by atoms with Crippen molar-refractivity contribution in [3.8, 4) is 22.8 Å². The molecule has 0 atom stereocenters. The number of aromatic nitrogens is 1. The molecule has 6 heteroatoms. The lowest BCUT2D eigenvalue weighted by Gasteiger charge is -2.07. The smallest absolute Gasteiger partial charge is 0.277 e. The number of rotatable bonds is 5. The van der Waals surface area contributed by atoms with Crippen molar-refractivity contribution in [3.63, 3.8) is 0 Å². The number of para-hydroxylation sites is 1. The van der Waals surface area contributed by atoms with Gasteiger partial charge in [0.1, 0.15) is 0 Å². The highest BCUT2D eigenvalue weighted by Crippen LogP contribution is 2.32. The van der Waals surface area contributed by atoms with Gasteiger partial charge in [0, 0.05) is 17.3 Å². The van der Waals surface area contributed by atoms with E-state index in [1.165, 1.54) is 0 Å². The van der Waals surface area contributed by atoms with Crippen LogP contribution in [-0.4, -0.2) is 25.3 Å². The van der Waals surface area contributed by atoms with E-state index in [9.17, 15) is 4.79 Å². The summed E-state index contributed by atoms with van der Waals surface area (Å²) in [4.78, 5) is 12.2. The van der Waals surface area contributed by atoms with Crippen LogP contribution < -0.4 is 14.8 Å². The number of methoxy groups -OCH3 is 2. The Labute approximate surface area is 139 Å². The highest BCUT2D eigenvalue weighted by molar-refractivity contribution is 6.03. The normalized spacial score (nSPS) is 10.2. The summed E-state index contributed by atoms with van der Waals surface area (Å²) in [7, 11) is 3.12. The molecule has 0 fully saturated rings. The van der Waals surface area contributed by atoms with Crippen molar-refractivity contribution in [1.82, 2.24) is 5.16 Å². The van der Waals surface area contributed by atoms with Crippen molar-refractivity contribution in [1.29, 1.82) is 0 Å². The van der Waals surface area contributed by atoms with Crippen LogP contribution in [0.5, 0.6) is 11.5 Å². The molecule has 0 aliphatic heterocycles. The topological polar surface area (TPSA) is 73.6 Å². The number of benzene rings is 2. The first-order chi connectivity index (χ1) is 11.7. The molecule has 3 aromatic rings. The average molecular weight is 324 g/mol. The Morgan fingerprint density at radius 3 is 2.46 bits per heavy atom. The zero-order chi connectivity index (χ0) is 16.9. The van der Waals surface area contributed by atoms with E-state index in [1.807, 2.05) is 18.2 Å². The van der Waals surface area contributed by atoms with Gasteiger partial charge < -0.3 is 19.3 Å². The fourth-order valence-electron chi connectivity index (χ4n) is 2.22. The molecule has 0 saturated heterocycles. The van der Waals surface area contributed by atoms with Crippen LogP contribution in [0.25, 0.3) is 11.3 Å². The molecule has 1 aromatic heterocycles. The molecule has 24 heavy (non-hydrogen) atoms. The Bertz CT molecular complexity index is 843. The fourth-order valence-corrected chi connectivity index (χ4v) is 2.22. The van der Waals surface area contributed by atoms with E-state index in [4.69, 9.17) is 14.0 Å². The van der Waals surface area contributed by atoms with Gasteiger partial charge in [0.05, 0.1) is 14.2 Å². The van der Waals surface area contributed by atoms with Gasteiger partial charge in [-0.3, -0.25) is 4.79 Å². The largest absolute Gasteiger partial charge is 0.493 e. The number of hydrogen-bond acceptors (Lipinski definition) is 5. The van der Waals surface area contributed by atoms with Gasteiger partial charge in [0.25, 0.3) is 5.91 Å². The Morgan fingerprint density at radius 1 is 1.00 bits per heavy atom. The molecule has 0 spiro atoms. The number of anilines is 1. The maximum Gasteiger partial charge on any atom is 0.277 e. The van der Waals surface area contributed by atoms with E-state index < -0.39 is 0 Å². The van der Waals surface area contributed by atoms with Crippen molar-refractivity contribution in [3.05, 3.63) is 60.3 Å². The van der Waals surface area contributed by atoms with Crippen LogP contribution in [0.4, 0.5) is 5.69 Å². The summed E-state index contributed by atoms with van der Waals surface area (Å²) in [6.45, 7) is 0. The number of ether oxygens (including phenoxy) is 2. The van der Waals surface area contributed by atoms with E-state index in [2.05, 4.69) is 10.5 Å².